The van der Waals surface area contributed by atoms with E-state index in [2.05, 4.69) is 55.6 Å². The molecule has 0 saturated carbocycles. The monoisotopic (exact) mass is 389 g/mol. The van der Waals surface area contributed by atoms with Crippen LogP contribution in [0.3, 0.4) is 0 Å². The minimum absolute atomic E-state index is 0.0637. The summed E-state index contributed by atoms with van der Waals surface area (Å²) in [4.78, 5) is 16.1. The van der Waals surface area contributed by atoms with Crippen LogP contribution in [0.2, 0.25) is 0 Å². The molecule has 0 aliphatic carbocycles. The fourth-order valence-electron chi connectivity index (χ4n) is 3.89. The van der Waals surface area contributed by atoms with Crippen molar-refractivity contribution in [3.63, 3.8) is 0 Å². The zero-order chi connectivity index (χ0) is 20.0. The number of aromatic amines is 1. The number of morpholine rings is 1. The smallest absolute Gasteiger partial charge is 0.226 e. The summed E-state index contributed by atoms with van der Waals surface area (Å²) >= 11 is 0. The molecule has 148 valence electrons. The number of nitrogens with one attached hydrogen (secondary N) is 1. The van der Waals surface area contributed by atoms with E-state index in [9.17, 15) is 0 Å². The van der Waals surface area contributed by atoms with E-state index in [0.717, 1.165) is 34.8 Å². The van der Waals surface area contributed by atoms with Gasteiger partial charge in [-0.2, -0.15) is 5.10 Å². The number of aromatic nitrogens is 6. The van der Waals surface area contributed by atoms with Gasteiger partial charge in [-0.25, -0.2) is 15.0 Å². The number of ether oxygens (including phenoxy) is 1. The third-order valence-electron chi connectivity index (χ3n) is 5.32. The molecule has 2 atom stereocenters. The summed E-state index contributed by atoms with van der Waals surface area (Å²) in [7, 11) is 0. The predicted molar refractivity (Wildman–Crippen MR) is 110 cm³/mol. The lowest BCUT2D eigenvalue weighted by molar-refractivity contribution is -0.0181. The summed E-state index contributed by atoms with van der Waals surface area (Å²) in [6.07, 6.45) is 7.59. The van der Waals surface area contributed by atoms with E-state index in [1.54, 1.807) is 0 Å². The van der Waals surface area contributed by atoms with Crippen LogP contribution in [0.25, 0.3) is 17.0 Å². The number of aryl methyl sites for hydroxylation is 2. The van der Waals surface area contributed by atoms with Crippen molar-refractivity contribution in [1.82, 2.24) is 29.5 Å². The summed E-state index contributed by atoms with van der Waals surface area (Å²) < 4.78 is 8.24. The summed E-state index contributed by atoms with van der Waals surface area (Å²) in [5.74, 6) is 0.700. The van der Waals surface area contributed by atoms with Crippen molar-refractivity contribution in [2.45, 2.75) is 33.0 Å². The van der Waals surface area contributed by atoms with Crippen LogP contribution in [-0.2, 0) is 4.74 Å². The van der Waals surface area contributed by atoms with E-state index in [4.69, 9.17) is 9.72 Å². The quantitative estimate of drug-likeness (QED) is 0.580. The highest BCUT2D eigenvalue weighted by Crippen LogP contribution is 2.29. The van der Waals surface area contributed by atoms with Crippen molar-refractivity contribution in [3.05, 3.63) is 59.8 Å². The lowest BCUT2D eigenvalue weighted by atomic mass is 10.1. The predicted octanol–water partition coefficient (Wildman–Crippen LogP) is 3.10. The molecule has 1 saturated heterocycles. The zero-order valence-electron chi connectivity index (χ0n) is 16.7. The molecule has 1 fully saturated rings. The summed E-state index contributed by atoms with van der Waals surface area (Å²) in [6, 6.07) is 6.00. The SMILES string of the molecule is Cc1ccc2ncc(-c3ccnc(N4CC(C)OC(c5cn[nH]c5C)C4)n3)n2c1. The van der Waals surface area contributed by atoms with Crippen molar-refractivity contribution >= 4 is 11.6 Å². The Morgan fingerprint density at radius 1 is 1.10 bits per heavy atom. The molecule has 0 bridgehead atoms. The molecule has 4 aromatic heterocycles. The van der Waals surface area contributed by atoms with E-state index < -0.39 is 0 Å². The van der Waals surface area contributed by atoms with Gasteiger partial charge in [0.25, 0.3) is 0 Å². The van der Waals surface area contributed by atoms with E-state index in [1.807, 2.05) is 37.6 Å². The molecule has 8 heteroatoms. The van der Waals surface area contributed by atoms with Crippen molar-refractivity contribution in [1.29, 1.82) is 0 Å². The maximum absolute atomic E-state index is 6.17. The van der Waals surface area contributed by atoms with Crippen LogP contribution in [0.1, 0.15) is 29.8 Å². The van der Waals surface area contributed by atoms with Gasteiger partial charge in [0.1, 0.15) is 11.8 Å². The highest BCUT2D eigenvalue weighted by atomic mass is 16.5. The summed E-state index contributed by atoms with van der Waals surface area (Å²) in [5.41, 5.74) is 5.99. The Morgan fingerprint density at radius 3 is 2.83 bits per heavy atom. The van der Waals surface area contributed by atoms with Crippen molar-refractivity contribution < 1.29 is 4.74 Å². The summed E-state index contributed by atoms with van der Waals surface area (Å²) in [5, 5.41) is 7.13. The van der Waals surface area contributed by atoms with Gasteiger partial charge in [-0.1, -0.05) is 6.07 Å². The van der Waals surface area contributed by atoms with Gasteiger partial charge in [-0.3, -0.25) is 9.50 Å². The number of fused-ring (bicyclic) bond motifs is 1. The molecular formula is C21H23N7O. The van der Waals surface area contributed by atoms with E-state index >= 15 is 0 Å². The molecule has 0 spiro atoms. The van der Waals surface area contributed by atoms with Gasteiger partial charge < -0.3 is 9.64 Å². The Bertz CT molecular complexity index is 1160. The second-order valence-corrected chi connectivity index (χ2v) is 7.61. The number of hydrogen-bond acceptors (Lipinski definition) is 6. The van der Waals surface area contributed by atoms with Crippen molar-refractivity contribution in [2.24, 2.45) is 0 Å². The Kier molecular flexibility index (Phi) is 4.28. The van der Waals surface area contributed by atoms with Crippen LogP contribution in [0.15, 0.2) is 43.0 Å². The largest absolute Gasteiger partial charge is 0.367 e. The molecule has 4 aromatic rings. The van der Waals surface area contributed by atoms with E-state index in [0.29, 0.717) is 12.5 Å². The first-order chi connectivity index (χ1) is 14.1. The highest BCUT2D eigenvalue weighted by molar-refractivity contribution is 5.61. The first-order valence-electron chi connectivity index (χ1n) is 9.76. The minimum atomic E-state index is -0.0665. The molecule has 1 aliphatic heterocycles. The van der Waals surface area contributed by atoms with Gasteiger partial charge in [0.05, 0.1) is 36.4 Å². The molecule has 0 radical (unpaired) electrons. The lowest BCUT2D eigenvalue weighted by Crippen LogP contribution is -2.43. The fourth-order valence-corrected chi connectivity index (χ4v) is 3.89. The number of pyridine rings is 1. The van der Waals surface area contributed by atoms with Gasteiger partial charge >= 0.3 is 0 Å². The number of anilines is 1. The Balaban J connectivity index is 1.49. The van der Waals surface area contributed by atoms with Gasteiger partial charge in [0, 0.05) is 30.2 Å². The van der Waals surface area contributed by atoms with E-state index in [-0.39, 0.29) is 12.2 Å². The second-order valence-electron chi connectivity index (χ2n) is 7.61. The standard InChI is InChI=1S/C21H23N7O/c1-13-4-5-20-23-9-18(28(20)10-13)17-6-7-22-21(25-17)27-11-14(2)29-19(12-27)16-8-24-26-15(16)3/h4-10,14,19H,11-12H2,1-3H3,(H,24,26). The Labute approximate surface area is 168 Å². The minimum Gasteiger partial charge on any atom is -0.367 e. The third kappa shape index (κ3) is 3.25. The fraction of sp³-hybridized carbons (Fsp3) is 0.333. The number of imidazole rings is 1. The zero-order valence-corrected chi connectivity index (χ0v) is 16.7. The highest BCUT2D eigenvalue weighted by Gasteiger charge is 2.29. The maximum atomic E-state index is 6.17. The van der Waals surface area contributed by atoms with Gasteiger partial charge in [-0.15, -0.1) is 0 Å². The van der Waals surface area contributed by atoms with Crippen LogP contribution in [0.5, 0.6) is 0 Å². The van der Waals surface area contributed by atoms with Crippen LogP contribution in [0, 0.1) is 13.8 Å². The van der Waals surface area contributed by atoms with Crippen LogP contribution >= 0.6 is 0 Å². The number of rotatable bonds is 3. The van der Waals surface area contributed by atoms with E-state index in [1.165, 1.54) is 5.56 Å². The molecule has 1 aliphatic rings. The molecule has 1 N–H and O–H groups in total. The Hall–Kier alpha value is -3.26. The van der Waals surface area contributed by atoms with Crippen molar-refractivity contribution in [3.8, 4) is 11.4 Å². The average molecular weight is 389 g/mol. The Morgan fingerprint density at radius 2 is 2.00 bits per heavy atom. The molecular weight excluding hydrogens is 366 g/mol. The number of nitrogens with zero attached hydrogens (tertiary/aromatic N) is 6. The van der Waals surface area contributed by atoms with Crippen LogP contribution < -0.4 is 4.90 Å². The lowest BCUT2D eigenvalue weighted by Gasteiger charge is -2.36. The maximum Gasteiger partial charge on any atom is 0.226 e. The average Bonchev–Trinajstić information content (AvgIpc) is 3.33. The normalized spacial score (nSPS) is 19.8. The van der Waals surface area contributed by atoms with Crippen LogP contribution in [0.4, 0.5) is 5.95 Å². The summed E-state index contributed by atoms with van der Waals surface area (Å²) in [6.45, 7) is 7.58. The van der Waals surface area contributed by atoms with Crippen molar-refractivity contribution in [2.75, 3.05) is 18.0 Å². The molecule has 5 rings (SSSR count). The third-order valence-corrected chi connectivity index (χ3v) is 5.32. The first kappa shape index (κ1) is 17.8. The molecule has 0 aromatic carbocycles. The number of H-pyrrole nitrogens is 1. The van der Waals surface area contributed by atoms with Crippen LogP contribution in [-0.4, -0.2) is 48.7 Å². The molecule has 2 unspecified atom stereocenters. The number of hydrogen-bond donors (Lipinski definition) is 1. The molecule has 0 amide bonds. The second kappa shape index (κ2) is 6.97. The first-order valence-corrected chi connectivity index (χ1v) is 9.76. The molecule has 29 heavy (non-hydrogen) atoms. The molecule has 5 heterocycles. The topological polar surface area (TPSA) is 84.2 Å². The van der Waals surface area contributed by atoms with Gasteiger partial charge in [0.2, 0.25) is 5.95 Å². The molecule has 8 nitrogen and oxygen atoms in total. The van der Waals surface area contributed by atoms with Gasteiger partial charge in [-0.05, 0) is 38.5 Å². The van der Waals surface area contributed by atoms with Gasteiger partial charge in [0.15, 0.2) is 0 Å².